The van der Waals surface area contributed by atoms with Gasteiger partial charge in [-0.3, -0.25) is 14.5 Å². The van der Waals surface area contributed by atoms with Gasteiger partial charge in [-0.1, -0.05) is 35.9 Å². The van der Waals surface area contributed by atoms with Crippen molar-refractivity contribution in [2.75, 3.05) is 0 Å². The number of imide groups is 1. The maximum atomic E-state index is 12.3. The molecule has 0 aromatic heterocycles. The van der Waals surface area contributed by atoms with E-state index in [2.05, 4.69) is 0 Å². The molecule has 0 fully saturated rings. The van der Waals surface area contributed by atoms with Crippen molar-refractivity contribution in [3.8, 4) is 0 Å². The van der Waals surface area contributed by atoms with Crippen LogP contribution in [0.1, 0.15) is 36.6 Å². The molecule has 0 unspecified atom stereocenters. The first-order chi connectivity index (χ1) is 10.5. The first kappa shape index (κ1) is 14.3. The largest absolute Gasteiger partial charge is 0.478 e. The summed E-state index contributed by atoms with van der Waals surface area (Å²) < 4.78 is 0. The molecule has 0 spiro atoms. The Bertz CT molecular complexity index is 781. The molecule has 2 amide bonds. The number of halogens is 1. The van der Waals surface area contributed by atoms with E-state index in [0.717, 1.165) is 4.90 Å². The molecule has 1 heterocycles. The number of carboxylic acid groups (broad SMARTS) is 1. The number of hydrogen-bond donors (Lipinski definition) is 1. The van der Waals surface area contributed by atoms with E-state index >= 15 is 0 Å². The molecule has 1 N–H and O–H groups in total. The van der Waals surface area contributed by atoms with Crippen LogP contribution in [0.3, 0.4) is 0 Å². The molecule has 2 aromatic carbocycles. The van der Waals surface area contributed by atoms with Gasteiger partial charge in [0.05, 0.1) is 28.3 Å². The second-order valence-corrected chi connectivity index (χ2v) is 5.20. The SMILES string of the molecule is O=C(O)c1cccc(CN2C(=O)c3ccccc3C2=O)c1Cl. The third-order valence-corrected chi connectivity index (χ3v) is 3.96. The Kier molecular flexibility index (Phi) is 3.42. The normalized spacial score (nSPS) is 13.4. The van der Waals surface area contributed by atoms with Crippen LogP contribution >= 0.6 is 11.6 Å². The predicted octanol–water partition coefficient (Wildman–Crippen LogP) is 2.83. The van der Waals surface area contributed by atoms with E-state index in [1.165, 1.54) is 12.1 Å². The third-order valence-electron chi connectivity index (χ3n) is 3.52. The van der Waals surface area contributed by atoms with Crippen molar-refractivity contribution in [2.45, 2.75) is 6.54 Å². The summed E-state index contributed by atoms with van der Waals surface area (Å²) in [6.45, 7) is -0.0632. The lowest BCUT2D eigenvalue weighted by Crippen LogP contribution is -2.29. The number of amides is 2. The summed E-state index contributed by atoms with van der Waals surface area (Å²) in [6.07, 6.45) is 0. The minimum atomic E-state index is -1.16. The Morgan fingerprint density at radius 1 is 1.00 bits per heavy atom. The average molecular weight is 316 g/mol. The van der Waals surface area contributed by atoms with Gasteiger partial charge in [-0.2, -0.15) is 0 Å². The van der Waals surface area contributed by atoms with Crippen LogP contribution in [0.25, 0.3) is 0 Å². The summed E-state index contributed by atoms with van der Waals surface area (Å²) in [5.74, 6) is -1.97. The summed E-state index contributed by atoms with van der Waals surface area (Å²) in [6, 6.07) is 11.0. The lowest BCUT2D eigenvalue weighted by Gasteiger charge is -2.15. The van der Waals surface area contributed by atoms with Crippen LogP contribution in [0, 0.1) is 0 Å². The molecular weight excluding hydrogens is 306 g/mol. The van der Waals surface area contributed by atoms with Gasteiger partial charge in [-0.05, 0) is 23.8 Å². The standard InChI is InChI=1S/C16H10ClNO4/c17-13-9(4-3-7-12(13)16(21)22)8-18-14(19)10-5-1-2-6-11(10)15(18)20/h1-7H,8H2,(H,21,22). The molecule has 3 rings (SSSR count). The summed E-state index contributed by atoms with van der Waals surface area (Å²) >= 11 is 6.06. The van der Waals surface area contributed by atoms with Crippen molar-refractivity contribution in [3.63, 3.8) is 0 Å². The van der Waals surface area contributed by atoms with Gasteiger partial charge in [0, 0.05) is 0 Å². The fourth-order valence-corrected chi connectivity index (χ4v) is 2.69. The molecule has 0 saturated heterocycles. The minimum Gasteiger partial charge on any atom is -0.478 e. The molecule has 110 valence electrons. The number of carbonyl (C=O) groups is 3. The highest BCUT2D eigenvalue weighted by Crippen LogP contribution is 2.28. The van der Waals surface area contributed by atoms with Crippen LogP contribution in [-0.4, -0.2) is 27.8 Å². The average Bonchev–Trinajstić information content (AvgIpc) is 2.74. The van der Waals surface area contributed by atoms with E-state index in [4.69, 9.17) is 16.7 Å². The smallest absolute Gasteiger partial charge is 0.337 e. The Morgan fingerprint density at radius 3 is 2.14 bits per heavy atom. The van der Waals surface area contributed by atoms with Crippen LogP contribution in [-0.2, 0) is 6.54 Å². The van der Waals surface area contributed by atoms with Crippen molar-refractivity contribution in [2.24, 2.45) is 0 Å². The zero-order valence-corrected chi connectivity index (χ0v) is 12.0. The summed E-state index contributed by atoms with van der Waals surface area (Å²) in [7, 11) is 0. The number of benzene rings is 2. The van der Waals surface area contributed by atoms with Crippen LogP contribution in [0.5, 0.6) is 0 Å². The molecule has 22 heavy (non-hydrogen) atoms. The van der Waals surface area contributed by atoms with E-state index < -0.39 is 17.8 Å². The minimum absolute atomic E-state index is 0.0338. The number of carbonyl (C=O) groups excluding carboxylic acids is 2. The van der Waals surface area contributed by atoms with E-state index in [1.54, 1.807) is 30.3 Å². The molecule has 1 aliphatic heterocycles. The van der Waals surface area contributed by atoms with Crippen molar-refractivity contribution in [1.82, 2.24) is 4.90 Å². The third kappa shape index (κ3) is 2.16. The van der Waals surface area contributed by atoms with Crippen molar-refractivity contribution in [1.29, 1.82) is 0 Å². The van der Waals surface area contributed by atoms with E-state index in [-0.39, 0.29) is 17.1 Å². The topological polar surface area (TPSA) is 74.7 Å². The first-order valence-electron chi connectivity index (χ1n) is 6.46. The van der Waals surface area contributed by atoms with Gasteiger partial charge in [-0.15, -0.1) is 0 Å². The molecular formula is C16H10ClNO4. The van der Waals surface area contributed by atoms with Gasteiger partial charge >= 0.3 is 5.97 Å². The highest BCUT2D eigenvalue weighted by atomic mass is 35.5. The Balaban J connectivity index is 1.96. The maximum absolute atomic E-state index is 12.3. The zero-order valence-electron chi connectivity index (χ0n) is 11.2. The fraction of sp³-hybridized carbons (Fsp3) is 0.0625. The van der Waals surface area contributed by atoms with Crippen molar-refractivity contribution < 1.29 is 19.5 Å². The predicted molar refractivity (Wildman–Crippen MR) is 79.1 cm³/mol. The molecule has 1 aliphatic rings. The quantitative estimate of drug-likeness (QED) is 0.884. The zero-order chi connectivity index (χ0) is 15.9. The molecule has 0 aliphatic carbocycles. The van der Waals surface area contributed by atoms with Gasteiger partial charge in [0.15, 0.2) is 0 Å². The Morgan fingerprint density at radius 2 is 1.59 bits per heavy atom. The highest BCUT2D eigenvalue weighted by molar-refractivity contribution is 6.34. The molecule has 0 saturated carbocycles. The van der Waals surface area contributed by atoms with Gasteiger partial charge in [0.2, 0.25) is 0 Å². The molecule has 2 aromatic rings. The van der Waals surface area contributed by atoms with Crippen LogP contribution in [0.2, 0.25) is 5.02 Å². The van der Waals surface area contributed by atoms with E-state index in [0.29, 0.717) is 16.7 Å². The lowest BCUT2D eigenvalue weighted by molar-refractivity contribution is 0.0641. The summed E-state index contributed by atoms with van der Waals surface area (Å²) in [4.78, 5) is 36.7. The highest BCUT2D eigenvalue weighted by Gasteiger charge is 2.35. The Labute approximate surface area is 130 Å². The van der Waals surface area contributed by atoms with Crippen LogP contribution in [0.4, 0.5) is 0 Å². The van der Waals surface area contributed by atoms with Gasteiger partial charge < -0.3 is 5.11 Å². The summed E-state index contributed by atoms with van der Waals surface area (Å²) in [5.41, 5.74) is 1.04. The molecule has 0 atom stereocenters. The van der Waals surface area contributed by atoms with Gasteiger partial charge in [-0.25, -0.2) is 4.79 Å². The number of aromatic carboxylic acids is 1. The number of nitrogens with zero attached hydrogens (tertiary/aromatic N) is 1. The fourth-order valence-electron chi connectivity index (χ4n) is 2.42. The number of hydrogen-bond acceptors (Lipinski definition) is 3. The van der Waals surface area contributed by atoms with Crippen molar-refractivity contribution >= 4 is 29.4 Å². The van der Waals surface area contributed by atoms with E-state index in [9.17, 15) is 14.4 Å². The van der Waals surface area contributed by atoms with Crippen molar-refractivity contribution in [3.05, 3.63) is 69.7 Å². The molecule has 0 radical (unpaired) electrons. The number of carboxylic acids is 1. The molecule has 0 bridgehead atoms. The number of fused-ring (bicyclic) bond motifs is 1. The second-order valence-electron chi connectivity index (χ2n) is 4.83. The first-order valence-corrected chi connectivity index (χ1v) is 6.84. The Hall–Kier alpha value is -2.66. The molecule has 6 heteroatoms. The maximum Gasteiger partial charge on any atom is 0.337 e. The summed E-state index contributed by atoms with van der Waals surface area (Å²) in [5, 5.41) is 9.10. The second kappa shape index (κ2) is 5.27. The monoisotopic (exact) mass is 315 g/mol. The van der Waals surface area contributed by atoms with Crippen LogP contribution in [0.15, 0.2) is 42.5 Å². The lowest BCUT2D eigenvalue weighted by atomic mass is 10.1. The van der Waals surface area contributed by atoms with Crippen LogP contribution < -0.4 is 0 Å². The molecule has 5 nitrogen and oxygen atoms in total. The number of rotatable bonds is 3. The van der Waals surface area contributed by atoms with Gasteiger partial charge in [0.1, 0.15) is 0 Å². The van der Waals surface area contributed by atoms with E-state index in [1.807, 2.05) is 0 Å². The van der Waals surface area contributed by atoms with Gasteiger partial charge in [0.25, 0.3) is 11.8 Å².